The first-order valence-corrected chi connectivity index (χ1v) is 14.7. The van der Waals surface area contributed by atoms with E-state index in [1.807, 2.05) is 35.1 Å². The molecule has 0 saturated carbocycles. The molecule has 1 unspecified atom stereocenters. The number of sulfonamides is 1. The Morgan fingerprint density at radius 1 is 1.04 bits per heavy atom. The Morgan fingerprint density at radius 3 is 2.22 bits per heavy atom. The average molecular weight is 651 g/mol. The van der Waals surface area contributed by atoms with Crippen LogP contribution in [0.5, 0.6) is 0 Å². The highest BCUT2D eigenvalue weighted by molar-refractivity contribution is 7.90. The largest absolute Gasteiger partial charge is 0.490 e. The summed E-state index contributed by atoms with van der Waals surface area (Å²) in [5, 5.41) is 11.5. The van der Waals surface area contributed by atoms with Crippen molar-refractivity contribution in [3.05, 3.63) is 95.1 Å². The lowest BCUT2D eigenvalue weighted by molar-refractivity contribution is -0.192. The number of alkyl carbamates (subject to hydrolysis) is 1. The van der Waals surface area contributed by atoms with Gasteiger partial charge in [0.05, 0.1) is 17.8 Å². The number of aryl methyl sites for hydroxylation is 1. The van der Waals surface area contributed by atoms with E-state index in [9.17, 15) is 36.0 Å². The molecule has 0 bridgehead atoms. The summed E-state index contributed by atoms with van der Waals surface area (Å²) in [6, 6.07) is 19.9. The van der Waals surface area contributed by atoms with Gasteiger partial charge < -0.3 is 26.2 Å². The summed E-state index contributed by atoms with van der Waals surface area (Å²) < 4.78 is 63.7. The van der Waals surface area contributed by atoms with Crippen LogP contribution in [0.25, 0.3) is 0 Å². The van der Waals surface area contributed by atoms with Gasteiger partial charge in [-0.25, -0.2) is 18.0 Å². The molecule has 6 N–H and O–H groups in total. The van der Waals surface area contributed by atoms with E-state index in [2.05, 4.69) is 10.6 Å². The number of nitrogens with two attached hydrogens (primary N) is 1. The van der Waals surface area contributed by atoms with Crippen molar-refractivity contribution in [2.75, 3.05) is 11.1 Å². The van der Waals surface area contributed by atoms with Gasteiger partial charge in [0.25, 0.3) is 0 Å². The molecule has 0 aliphatic carbocycles. The molecule has 3 aromatic rings. The van der Waals surface area contributed by atoms with Crippen molar-refractivity contribution >= 4 is 45.3 Å². The monoisotopic (exact) mass is 650 g/mol. The van der Waals surface area contributed by atoms with Crippen LogP contribution in [0.2, 0.25) is 0 Å². The minimum atomic E-state index is -5.08. The van der Waals surface area contributed by atoms with E-state index >= 15 is 0 Å². The van der Waals surface area contributed by atoms with E-state index in [4.69, 9.17) is 20.4 Å². The van der Waals surface area contributed by atoms with Gasteiger partial charge in [0.2, 0.25) is 21.8 Å². The van der Waals surface area contributed by atoms with Crippen molar-refractivity contribution in [2.24, 2.45) is 0 Å². The molecule has 1 aliphatic heterocycles. The van der Waals surface area contributed by atoms with Crippen LogP contribution >= 0.6 is 0 Å². The normalized spacial score (nSPS) is 15.9. The molecule has 1 aliphatic rings. The van der Waals surface area contributed by atoms with E-state index in [1.165, 1.54) is 0 Å². The lowest BCUT2D eigenvalue weighted by Crippen LogP contribution is -2.45. The topological polar surface area (TPSA) is 194 Å². The molecule has 3 amide bonds. The number of carboxylic acid groups (broad SMARTS) is 1. The van der Waals surface area contributed by atoms with Crippen molar-refractivity contribution in [1.82, 2.24) is 10.0 Å². The number of benzene rings is 3. The minimum Gasteiger partial charge on any atom is -0.475 e. The zero-order chi connectivity index (χ0) is 33.4. The number of alkyl halides is 3. The number of halogens is 3. The van der Waals surface area contributed by atoms with E-state index in [0.717, 1.165) is 5.56 Å². The quantitative estimate of drug-likeness (QED) is 0.227. The number of hydrogen-bond donors (Lipinski definition) is 5. The number of aliphatic carboxylic acids is 1. The lowest BCUT2D eigenvalue weighted by Gasteiger charge is -2.20. The van der Waals surface area contributed by atoms with Gasteiger partial charge in [0.1, 0.15) is 17.9 Å². The molecule has 16 heteroatoms. The maximum absolute atomic E-state index is 13.2. The van der Waals surface area contributed by atoms with E-state index < -0.39 is 51.4 Å². The summed E-state index contributed by atoms with van der Waals surface area (Å²) in [4.78, 5) is 46.4. The molecule has 12 nitrogen and oxygen atoms in total. The summed E-state index contributed by atoms with van der Waals surface area (Å²) in [6.07, 6.45) is -5.92. The van der Waals surface area contributed by atoms with Crippen LogP contribution in [0.15, 0.2) is 72.8 Å². The third-order valence-corrected chi connectivity index (χ3v) is 8.09. The van der Waals surface area contributed by atoms with Crippen LogP contribution < -0.4 is 21.1 Å². The smallest absolute Gasteiger partial charge is 0.475 e. The van der Waals surface area contributed by atoms with Gasteiger partial charge in [-0.1, -0.05) is 60.7 Å². The Kier molecular flexibility index (Phi) is 11.1. The van der Waals surface area contributed by atoms with Gasteiger partial charge in [0.15, 0.2) is 0 Å². The number of anilines is 2. The number of rotatable bonds is 8. The number of nitrogen functional groups attached to an aromatic ring is 1. The molecule has 0 radical (unpaired) electrons. The number of nitrogens with one attached hydrogen (secondary N) is 3. The fourth-order valence-corrected chi connectivity index (χ4v) is 5.75. The number of hydrogen-bond acceptors (Lipinski definition) is 8. The van der Waals surface area contributed by atoms with Crippen LogP contribution in [0.1, 0.15) is 33.9 Å². The SMILES string of the molecule is Cc1cc(C[C@H](NC(=O)OCc2ccccc2)C(=O)Nc2ccccc2N)ccc1C1CC(=O)NS1(=O)=O.O=C(O)C(F)(F)F. The number of carbonyl (C=O) groups is 4. The summed E-state index contributed by atoms with van der Waals surface area (Å²) in [7, 11) is -3.79. The third kappa shape index (κ3) is 9.96. The second-order valence-corrected chi connectivity index (χ2v) is 11.7. The molecule has 0 spiro atoms. The molecule has 1 heterocycles. The zero-order valence-electron chi connectivity index (χ0n) is 23.6. The second kappa shape index (κ2) is 14.6. The lowest BCUT2D eigenvalue weighted by atomic mass is 9.97. The van der Waals surface area contributed by atoms with Crippen LogP contribution in [0.3, 0.4) is 0 Å². The second-order valence-electron chi connectivity index (χ2n) is 9.80. The summed E-state index contributed by atoms with van der Waals surface area (Å²) in [6.45, 7) is 1.77. The van der Waals surface area contributed by atoms with Crippen molar-refractivity contribution in [3.63, 3.8) is 0 Å². The summed E-state index contributed by atoms with van der Waals surface area (Å²) >= 11 is 0. The Morgan fingerprint density at radius 2 is 1.67 bits per heavy atom. The van der Waals surface area contributed by atoms with Crippen molar-refractivity contribution in [3.8, 4) is 0 Å². The Bertz CT molecular complexity index is 1670. The highest BCUT2D eigenvalue weighted by Crippen LogP contribution is 2.32. The molecule has 1 saturated heterocycles. The molecule has 2 atom stereocenters. The summed E-state index contributed by atoms with van der Waals surface area (Å²) in [5.74, 6) is -3.81. The molecular weight excluding hydrogens is 621 g/mol. The van der Waals surface area contributed by atoms with Gasteiger partial charge in [-0.3, -0.25) is 14.3 Å². The zero-order valence-corrected chi connectivity index (χ0v) is 24.4. The number of amides is 3. The van der Waals surface area contributed by atoms with E-state index in [-0.39, 0.29) is 19.4 Å². The molecule has 240 valence electrons. The van der Waals surface area contributed by atoms with E-state index in [0.29, 0.717) is 28.1 Å². The average Bonchev–Trinajstić information content (AvgIpc) is 3.24. The van der Waals surface area contributed by atoms with Crippen molar-refractivity contribution in [2.45, 2.75) is 43.8 Å². The number of ether oxygens (including phenoxy) is 1. The standard InChI is InChI=1S/C27H28N4O6S.C2HF3O2/c1-17-13-19(11-12-20(17)24-15-25(32)31-38(24,35)36)14-23(26(33)29-22-10-6-5-9-21(22)28)30-27(34)37-16-18-7-3-2-4-8-18;3-2(4,5)1(6)7/h2-13,23-24H,14-16,28H2,1H3,(H,29,33)(H,30,34)(H,31,32);(H,6,7)/t23-,24?;/m0./s1. The number of para-hydroxylation sites is 2. The first kappa shape index (κ1) is 34.4. The molecule has 3 aromatic carbocycles. The van der Waals surface area contributed by atoms with Gasteiger partial charge in [-0.15, -0.1) is 0 Å². The first-order chi connectivity index (χ1) is 21.1. The summed E-state index contributed by atoms with van der Waals surface area (Å²) in [5.41, 5.74) is 9.34. The molecule has 1 fully saturated rings. The van der Waals surface area contributed by atoms with E-state index in [1.54, 1.807) is 49.4 Å². The fourth-order valence-electron chi connectivity index (χ4n) is 4.24. The molecular formula is C29H29F3N4O8S. The van der Waals surface area contributed by atoms with Gasteiger partial charge in [-0.05, 0) is 41.3 Å². The molecule has 4 rings (SSSR count). The highest BCUT2D eigenvalue weighted by atomic mass is 32.2. The Hall–Kier alpha value is -5.12. The van der Waals surface area contributed by atoms with Crippen LogP contribution in [0.4, 0.5) is 29.3 Å². The van der Waals surface area contributed by atoms with Gasteiger partial charge in [0, 0.05) is 6.42 Å². The van der Waals surface area contributed by atoms with Crippen molar-refractivity contribution < 1.29 is 50.6 Å². The predicted octanol–water partition coefficient (Wildman–Crippen LogP) is 3.58. The van der Waals surface area contributed by atoms with Crippen LogP contribution in [-0.2, 0) is 42.2 Å². The maximum Gasteiger partial charge on any atom is 0.490 e. The van der Waals surface area contributed by atoms with Gasteiger partial charge in [-0.2, -0.15) is 13.2 Å². The number of carboxylic acids is 1. The Labute approximate surface area is 255 Å². The van der Waals surface area contributed by atoms with Crippen LogP contribution in [0, 0.1) is 6.92 Å². The van der Waals surface area contributed by atoms with Gasteiger partial charge >= 0.3 is 18.2 Å². The molecule has 45 heavy (non-hydrogen) atoms. The third-order valence-electron chi connectivity index (χ3n) is 6.40. The minimum absolute atomic E-state index is 0.0308. The number of carbonyl (C=O) groups excluding carboxylic acids is 3. The van der Waals surface area contributed by atoms with Crippen molar-refractivity contribution in [1.29, 1.82) is 0 Å². The maximum atomic E-state index is 13.2. The molecule has 0 aromatic heterocycles. The predicted molar refractivity (Wildman–Crippen MR) is 156 cm³/mol. The fraction of sp³-hybridized carbons (Fsp3) is 0.241. The first-order valence-electron chi connectivity index (χ1n) is 13.1. The van der Waals surface area contributed by atoms with Crippen LogP contribution in [-0.4, -0.2) is 49.6 Å². The Balaban J connectivity index is 0.000000707. The highest BCUT2D eigenvalue weighted by Gasteiger charge is 2.39.